The molecule has 132 valence electrons. The summed E-state index contributed by atoms with van der Waals surface area (Å²) in [6.07, 6.45) is 4.78. The first-order chi connectivity index (χ1) is 12.5. The van der Waals surface area contributed by atoms with E-state index in [1.54, 1.807) is 12.1 Å². The molecule has 0 saturated heterocycles. The zero-order valence-electron chi connectivity index (χ0n) is 13.5. The number of nitrogens with zero attached hydrogens (tertiary/aromatic N) is 2. The smallest absolute Gasteiger partial charge is 0.275 e. The largest absolute Gasteiger partial charge is 0.376 e. The van der Waals surface area contributed by atoms with Crippen molar-refractivity contribution >= 4 is 28.7 Å². The van der Waals surface area contributed by atoms with Crippen molar-refractivity contribution in [2.75, 3.05) is 5.32 Å². The van der Waals surface area contributed by atoms with Gasteiger partial charge >= 0.3 is 0 Å². The van der Waals surface area contributed by atoms with E-state index in [-0.39, 0.29) is 34.2 Å². The number of nitro groups is 2. The van der Waals surface area contributed by atoms with Crippen molar-refractivity contribution in [3.05, 3.63) is 84.9 Å². The number of fused-ring (bicyclic) bond motifs is 3. The normalized spacial score (nSPS) is 23.0. The number of nitrogens with one attached hydrogen (secondary N) is 1. The molecule has 3 atom stereocenters. The molecular weight excluding hydrogens is 358 g/mol. The van der Waals surface area contributed by atoms with E-state index in [0.717, 1.165) is 12.0 Å². The number of non-ortho nitro benzene ring substituents is 1. The molecule has 2 aliphatic rings. The van der Waals surface area contributed by atoms with E-state index in [1.165, 1.54) is 24.3 Å². The van der Waals surface area contributed by atoms with Crippen molar-refractivity contribution in [1.29, 1.82) is 0 Å². The monoisotopic (exact) mass is 371 g/mol. The maximum Gasteiger partial charge on any atom is 0.275 e. The third-order valence-corrected chi connectivity index (χ3v) is 5.42. The van der Waals surface area contributed by atoms with Gasteiger partial charge in [0.15, 0.2) is 0 Å². The number of halogens is 1. The average Bonchev–Trinajstić information content (AvgIpc) is 3.11. The highest BCUT2D eigenvalue weighted by Gasteiger charge is 2.42. The minimum atomic E-state index is -0.437. The van der Waals surface area contributed by atoms with Crippen LogP contribution in [0.2, 0.25) is 5.02 Å². The van der Waals surface area contributed by atoms with Crippen molar-refractivity contribution in [1.82, 2.24) is 0 Å². The van der Waals surface area contributed by atoms with Gasteiger partial charge in [-0.3, -0.25) is 20.2 Å². The Balaban J connectivity index is 1.81. The Kier molecular flexibility index (Phi) is 3.88. The maximum atomic E-state index is 11.5. The Morgan fingerprint density at radius 1 is 1.04 bits per heavy atom. The molecular formula is C18H14ClN3O4. The summed E-state index contributed by atoms with van der Waals surface area (Å²) >= 11 is 6.33. The minimum Gasteiger partial charge on any atom is -0.376 e. The number of hydrogen-bond acceptors (Lipinski definition) is 5. The second-order valence-corrected chi connectivity index (χ2v) is 6.84. The van der Waals surface area contributed by atoms with E-state index in [4.69, 9.17) is 11.6 Å². The number of rotatable bonds is 3. The zero-order valence-corrected chi connectivity index (χ0v) is 14.2. The van der Waals surface area contributed by atoms with Crippen molar-refractivity contribution < 1.29 is 9.85 Å². The van der Waals surface area contributed by atoms with E-state index in [0.29, 0.717) is 16.3 Å². The van der Waals surface area contributed by atoms with Crippen LogP contribution >= 0.6 is 11.6 Å². The van der Waals surface area contributed by atoms with Crippen molar-refractivity contribution in [3.63, 3.8) is 0 Å². The summed E-state index contributed by atoms with van der Waals surface area (Å²) in [5.74, 6) is -0.0355. The van der Waals surface area contributed by atoms with Crippen LogP contribution in [0.25, 0.3) is 0 Å². The molecule has 7 nitrogen and oxygen atoms in total. The lowest BCUT2D eigenvalue weighted by atomic mass is 9.76. The summed E-state index contributed by atoms with van der Waals surface area (Å²) in [6, 6.07) is 9.22. The molecule has 8 heteroatoms. The second kappa shape index (κ2) is 6.10. The highest BCUT2D eigenvalue weighted by Crippen LogP contribution is 2.54. The third-order valence-electron chi connectivity index (χ3n) is 5.11. The Morgan fingerprint density at radius 3 is 2.42 bits per heavy atom. The first kappa shape index (κ1) is 16.5. The lowest BCUT2D eigenvalue weighted by molar-refractivity contribution is -0.385. The molecule has 1 aliphatic carbocycles. The predicted molar refractivity (Wildman–Crippen MR) is 97.6 cm³/mol. The molecule has 0 unspecified atom stereocenters. The summed E-state index contributed by atoms with van der Waals surface area (Å²) in [7, 11) is 0. The van der Waals surface area contributed by atoms with E-state index < -0.39 is 4.92 Å². The van der Waals surface area contributed by atoms with Gasteiger partial charge in [-0.1, -0.05) is 35.9 Å². The van der Waals surface area contributed by atoms with Gasteiger partial charge in [-0.05, 0) is 24.0 Å². The molecule has 1 aliphatic heterocycles. The fourth-order valence-electron chi connectivity index (χ4n) is 3.95. The Labute approximate surface area is 153 Å². The van der Waals surface area contributed by atoms with Gasteiger partial charge in [-0.25, -0.2) is 0 Å². The summed E-state index contributed by atoms with van der Waals surface area (Å²) in [4.78, 5) is 21.5. The predicted octanol–water partition coefficient (Wildman–Crippen LogP) is 4.98. The highest BCUT2D eigenvalue weighted by atomic mass is 35.5. The van der Waals surface area contributed by atoms with Crippen LogP contribution in [0.3, 0.4) is 0 Å². The molecule has 1 N–H and O–H groups in total. The van der Waals surface area contributed by atoms with Crippen LogP contribution in [-0.2, 0) is 0 Å². The van der Waals surface area contributed by atoms with E-state index in [9.17, 15) is 20.2 Å². The average molecular weight is 372 g/mol. The Bertz CT molecular complexity index is 942. The van der Waals surface area contributed by atoms with Gasteiger partial charge in [0.05, 0.1) is 32.2 Å². The Morgan fingerprint density at radius 2 is 1.77 bits per heavy atom. The van der Waals surface area contributed by atoms with Gasteiger partial charge < -0.3 is 5.32 Å². The Hall–Kier alpha value is -2.93. The molecule has 4 rings (SSSR count). The van der Waals surface area contributed by atoms with Crippen molar-refractivity contribution in [2.24, 2.45) is 5.92 Å². The topological polar surface area (TPSA) is 98.3 Å². The van der Waals surface area contributed by atoms with E-state index in [1.807, 2.05) is 12.2 Å². The number of allylic oxidation sites excluding steroid dienone is 2. The molecule has 0 radical (unpaired) electrons. The molecule has 26 heavy (non-hydrogen) atoms. The van der Waals surface area contributed by atoms with Gasteiger partial charge in [0.25, 0.3) is 11.4 Å². The molecule has 0 fully saturated rings. The van der Waals surface area contributed by atoms with E-state index in [2.05, 4.69) is 5.32 Å². The van der Waals surface area contributed by atoms with Crippen LogP contribution in [0.4, 0.5) is 17.1 Å². The van der Waals surface area contributed by atoms with Gasteiger partial charge in [0.1, 0.15) is 0 Å². The van der Waals surface area contributed by atoms with E-state index >= 15 is 0 Å². The maximum absolute atomic E-state index is 11.5. The van der Waals surface area contributed by atoms with Crippen LogP contribution in [0.1, 0.15) is 29.5 Å². The molecule has 0 spiro atoms. The summed E-state index contributed by atoms with van der Waals surface area (Å²) < 4.78 is 0. The van der Waals surface area contributed by atoms with Crippen molar-refractivity contribution in [2.45, 2.75) is 18.4 Å². The van der Waals surface area contributed by atoms with Crippen LogP contribution in [0.5, 0.6) is 0 Å². The molecule has 0 amide bonds. The minimum absolute atomic E-state index is 0.0275. The van der Waals surface area contributed by atoms with Gasteiger partial charge in [-0.15, -0.1) is 0 Å². The van der Waals surface area contributed by atoms with Crippen LogP contribution < -0.4 is 5.32 Å². The van der Waals surface area contributed by atoms with Gasteiger partial charge in [0, 0.05) is 24.1 Å². The summed E-state index contributed by atoms with van der Waals surface area (Å²) in [5, 5.41) is 26.1. The number of hydrogen-bond donors (Lipinski definition) is 1. The molecule has 0 bridgehead atoms. The molecule has 0 saturated carbocycles. The van der Waals surface area contributed by atoms with Crippen LogP contribution in [-0.4, -0.2) is 9.85 Å². The SMILES string of the molecule is O=[N+]([O-])c1ccc([C@@H]2Nc3c(Cl)ccc([N+](=O)[O-])c3[C@@H]3C=CC[C@H]32)cc1. The lowest BCUT2D eigenvalue weighted by Crippen LogP contribution is -2.29. The number of benzene rings is 2. The molecule has 1 heterocycles. The van der Waals surface area contributed by atoms with Gasteiger partial charge in [-0.2, -0.15) is 0 Å². The molecule has 2 aromatic carbocycles. The summed E-state index contributed by atoms with van der Waals surface area (Å²) in [5.41, 5.74) is 2.15. The first-order valence-corrected chi connectivity index (χ1v) is 8.49. The number of anilines is 1. The van der Waals surface area contributed by atoms with Crippen LogP contribution in [0.15, 0.2) is 48.6 Å². The van der Waals surface area contributed by atoms with Crippen LogP contribution in [0, 0.1) is 26.1 Å². The fraction of sp³-hybridized carbons (Fsp3) is 0.222. The second-order valence-electron chi connectivity index (χ2n) is 6.44. The standard InChI is InChI=1S/C18H14ClN3O4/c19-14-8-9-15(22(25)26)16-12-2-1-3-13(12)17(20-18(14)16)10-4-6-11(7-5-10)21(23)24/h1-2,4-9,12-13,17,20H,3H2/t12-,13-,17+/m1/s1. The van der Waals surface area contributed by atoms with Crippen molar-refractivity contribution in [3.8, 4) is 0 Å². The zero-order chi connectivity index (χ0) is 18.4. The summed E-state index contributed by atoms with van der Waals surface area (Å²) in [6.45, 7) is 0. The third kappa shape index (κ3) is 2.52. The first-order valence-electron chi connectivity index (χ1n) is 8.11. The quantitative estimate of drug-likeness (QED) is 0.466. The molecule has 0 aromatic heterocycles. The number of nitro benzene ring substituents is 2. The lowest BCUT2D eigenvalue weighted by Gasteiger charge is -2.37. The van der Waals surface area contributed by atoms with Gasteiger partial charge in [0.2, 0.25) is 0 Å². The fourth-order valence-corrected chi connectivity index (χ4v) is 4.17. The highest BCUT2D eigenvalue weighted by molar-refractivity contribution is 6.33. The molecule has 2 aromatic rings.